The Bertz CT molecular complexity index is 927. The van der Waals surface area contributed by atoms with E-state index < -0.39 is 23.6 Å². The summed E-state index contributed by atoms with van der Waals surface area (Å²) >= 11 is 6.41. The predicted octanol–water partition coefficient (Wildman–Crippen LogP) is 1.51. The van der Waals surface area contributed by atoms with Gasteiger partial charge in [-0.15, -0.1) is 11.6 Å². The number of nitrogens with one attached hydrogen (secondary N) is 1. The lowest BCUT2D eigenvalue weighted by Gasteiger charge is -2.34. The largest absolute Gasteiger partial charge is 0.369 e. The van der Waals surface area contributed by atoms with Crippen molar-refractivity contribution in [3.63, 3.8) is 0 Å². The minimum Gasteiger partial charge on any atom is -0.369 e. The molecule has 1 aliphatic carbocycles. The van der Waals surface area contributed by atoms with Crippen molar-refractivity contribution in [3.05, 3.63) is 29.8 Å². The number of ether oxygens (including phenoxy) is 1. The number of hydrogen-bond acceptors (Lipinski definition) is 6. The summed E-state index contributed by atoms with van der Waals surface area (Å²) in [5.74, 6) is -0.530. The minimum absolute atomic E-state index is 0.0115. The fourth-order valence-corrected chi connectivity index (χ4v) is 6.15. The second-order valence-electron chi connectivity index (χ2n) is 10.0. The van der Waals surface area contributed by atoms with Crippen LogP contribution >= 0.6 is 11.6 Å². The van der Waals surface area contributed by atoms with Crippen LogP contribution in [0.15, 0.2) is 24.3 Å². The van der Waals surface area contributed by atoms with Gasteiger partial charge in [-0.25, -0.2) is 0 Å². The van der Waals surface area contributed by atoms with Gasteiger partial charge in [-0.2, -0.15) is 0 Å². The molecule has 8 nitrogen and oxygen atoms in total. The van der Waals surface area contributed by atoms with E-state index in [4.69, 9.17) is 16.3 Å². The SMILES string of the molecule is CN1CCN(c2ccc(C(=O)N[C@H](C(=O)N3C[C@H](Cl)[C@H]4OCC(=O)[C@H]43)C3CCCC3)cc2)CC1. The molecule has 1 aromatic carbocycles. The predicted molar refractivity (Wildman–Crippen MR) is 129 cm³/mol. The highest BCUT2D eigenvalue weighted by molar-refractivity contribution is 6.22. The number of halogens is 1. The first-order valence-electron chi connectivity index (χ1n) is 12.4. The fraction of sp³-hybridized carbons (Fsp3) is 0.640. The third-order valence-electron chi connectivity index (χ3n) is 7.83. The van der Waals surface area contributed by atoms with Crippen LogP contribution < -0.4 is 10.2 Å². The molecule has 5 rings (SSSR count). The molecule has 2 amide bonds. The van der Waals surface area contributed by atoms with E-state index in [2.05, 4.69) is 22.2 Å². The quantitative estimate of drug-likeness (QED) is 0.633. The monoisotopic (exact) mass is 488 g/mol. The molecule has 184 valence electrons. The van der Waals surface area contributed by atoms with Gasteiger partial charge in [0.2, 0.25) is 5.91 Å². The molecule has 1 N–H and O–H groups in total. The molecule has 9 heteroatoms. The fourth-order valence-electron chi connectivity index (χ4n) is 5.79. The number of Topliss-reactive ketones (excluding diaryl/α,β-unsaturated/α-hetero) is 1. The van der Waals surface area contributed by atoms with E-state index in [1.54, 1.807) is 4.90 Å². The van der Waals surface area contributed by atoms with Crippen molar-refractivity contribution in [2.24, 2.45) is 5.92 Å². The number of likely N-dealkylation sites (tertiary alicyclic amines) is 1. The molecule has 4 fully saturated rings. The summed E-state index contributed by atoms with van der Waals surface area (Å²) in [6, 6.07) is 6.30. The number of amides is 2. The Hall–Kier alpha value is -2.16. The number of carbonyl (C=O) groups is 3. The topological polar surface area (TPSA) is 82.2 Å². The van der Waals surface area contributed by atoms with Gasteiger partial charge in [0.15, 0.2) is 5.78 Å². The number of nitrogens with zero attached hydrogens (tertiary/aromatic N) is 3. The Kier molecular flexibility index (Phi) is 6.82. The number of ketones is 1. The molecule has 0 aromatic heterocycles. The maximum atomic E-state index is 13.7. The second kappa shape index (κ2) is 9.84. The van der Waals surface area contributed by atoms with Crippen LogP contribution in [-0.4, -0.2) is 97.3 Å². The van der Waals surface area contributed by atoms with Crippen molar-refractivity contribution >= 4 is 34.9 Å². The van der Waals surface area contributed by atoms with Crippen molar-refractivity contribution in [2.45, 2.75) is 49.2 Å². The average molecular weight is 489 g/mol. The first-order chi connectivity index (χ1) is 16.4. The minimum atomic E-state index is -0.664. The van der Waals surface area contributed by atoms with E-state index in [0.717, 1.165) is 57.5 Å². The van der Waals surface area contributed by atoms with Crippen LogP contribution in [0.3, 0.4) is 0 Å². The molecule has 0 bridgehead atoms. The van der Waals surface area contributed by atoms with E-state index in [-0.39, 0.29) is 36.7 Å². The smallest absolute Gasteiger partial charge is 0.251 e. The first-order valence-corrected chi connectivity index (χ1v) is 12.8. The molecule has 34 heavy (non-hydrogen) atoms. The van der Waals surface area contributed by atoms with Crippen molar-refractivity contribution in [1.29, 1.82) is 0 Å². The zero-order valence-electron chi connectivity index (χ0n) is 19.6. The summed E-state index contributed by atoms with van der Waals surface area (Å²) in [6.07, 6.45) is 3.39. The normalized spacial score (nSPS) is 28.9. The number of anilines is 1. The number of rotatable bonds is 5. The molecule has 3 heterocycles. The third kappa shape index (κ3) is 4.55. The highest BCUT2D eigenvalue weighted by Gasteiger charge is 2.53. The van der Waals surface area contributed by atoms with Gasteiger partial charge in [0.25, 0.3) is 5.91 Å². The van der Waals surface area contributed by atoms with Crippen LogP contribution in [0, 0.1) is 5.92 Å². The van der Waals surface area contributed by atoms with Crippen molar-refractivity contribution in [1.82, 2.24) is 15.1 Å². The van der Waals surface area contributed by atoms with Crippen LogP contribution in [0.25, 0.3) is 0 Å². The van der Waals surface area contributed by atoms with Crippen molar-refractivity contribution in [2.75, 3.05) is 51.3 Å². The molecular formula is C25H33ClN4O4. The maximum absolute atomic E-state index is 13.7. The molecule has 4 aliphatic rings. The van der Waals surface area contributed by atoms with Crippen LogP contribution in [0.5, 0.6) is 0 Å². The Balaban J connectivity index is 1.30. The summed E-state index contributed by atoms with van der Waals surface area (Å²) in [5, 5.41) is 2.61. The molecule has 3 saturated heterocycles. The number of likely N-dealkylation sites (N-methyl/N-ethyl adjacent to an activating group) is 1. The van der Waals surface area contributed by atoms with Gasteiger partial charge >= 0.3 is 0 Å². The van der Waals surface area contributed by atoms with Gasteiger partial charge in [0, 0.05) is 44.0 Å². The van der Waals surface area contributed by atoms with E-state index in [0.29, 0.717) is 5.56 Å². The molecule has 1 saturated carbocycles. The lowest BCUT2D eigenvalue weighted by molar-refractivity contribution is -0.139. The summed E-state index contributed by atoms with van der Waals surface area (Å²) < 4.78 is 5.54. The first kappa shape index (κ1) is 23.6. The number of alkyl halides is 1. The Morgan fingerprint density at radius 2 is 1.76 bits per heavy atom. The summed E-state index contributed by atoms with van der Waals surface area (Å²) in [5.41, 5.74) is 1.63. The summed E-state index contributed by atoms with van der Waals surface area (Å²) in [6.45, 7) is 4.21. The maximum Gasteiger partial charge on any atom is 0.251 e. The van der Waals surface area contributed by atoms with Gasteiger partial charge in [-0.05, 0) is 50.1 Å². The standard InChI is InChI=1S/C25H33ClN4O4/c1-28-10-12-29(13-11-28)18-8-6-17(7-9-18)24(32)27-21(16-4-2-3-5-16)25(33)30-14-19(26)23-22(30)20(31)15-34-23/h6-9,16,19,21-23H,2-5,10-15H2,1H3,(H,27,32)/t19-,21-,22+,23+/m0/s1. The van der Waals surface area contributed by atoms with E-state index in [1.807, 2.05) is 24.3 Å². The van der Waals surface area contributed by atoms with Gasteiger partial charge in [0.05, 0.1) is 5.38 Å². The van der Waals surface area contributed by atoms with Gasteiger partial charge in [-0.3, -0.25) is 14.4 Å². The molecule has 4 atom stereocenters. The zero-order chi connectivity index (χ0) is 23.8. The number of carbonyl (C=O) groups excluding carboxylic acids is 3. The second-order valence-corrected chi connectivity index (χ2v) is 10.6. The third-order valence-corrected chi connectivity index (χ3v) is 8.21. The van der Waals surface area contributed by atoms with Crippen LogP contribution in [0.4, 0.5) is 5.69 Å². The zero-order valence-corrected chi connectivity index (χ0v) is 20.4. The summed E-state index contributed by atoms with van der Waals surface area (Å²) in [4.78, 5) is 45.4. The van der Waals surface area contributed by atoms with Crippen molar-refractivity contribution in [3.8, 4) is 0 Å². The van der Waals surface area contributed by atoms with Gasteiger partial charge < -0.3 is 24.8 Å². The highest BCUT2D eigenvalue weighted by atomic mass is 35.5. The van der Waals surface area contributed by atoms with E-state index in [1.165, 1.54) is 0 Å². The van der Waals surface area contributed by atoms with Crippen LogP contribution in [-0.2, 0) is 14.3 Å². The Labute approximate surface area is 205 Å². The van der Waals surface area contributed by atoms with Crippen LogP contribution in [0.2, 0.25) is 0 Å². The van der Waals surface area contributed by atoms with Gasteiger partial charge in [0.1, 0.15) is 24.8 Å². The molecule has 0 unspecified atom stereocenters. The molecular weight excluding hydrogens is 456 g/mol. The molecule has 0 radical (unpaired) electrons. The molecule has 1 aromatic rings. The molecule has 3 aliphatic heterocycles. The van der Waals surface area contributed by atoms with E-state index >= 15 is 0 Å². The number of benzene rings is 1. The van der Waals surface area contributed by atoms with Crippen LogP contribution in [0.1, 0.15) is 36.0 Å². The Morgan fingerprint density at radius 1 is 1.09 bits per heavy atom. The lowest BCUT2D eigenvalue weighted by atomic mass is 9.95. The number of hydrogen-bond donors (Lipinski definition) is 1. The highest BCUT2D eigenvalue weighted by Crippen LogP contribution is 2.34. The van der Waals surface area contributed by atoms with E-state index in [9.17, 15) is 14.4 Å². The van der Waals surface area contributed by atoms with Crippen molar-refractivity contribution < 1.29 is 19.1 Å². The average Bonchev–Trinajstić information content (AvgIpc) is 3.58. The number of piperazine rings is 1. The molecule has 0 spiro atoms. The Morgan fingerprint density at radius 3 is 2.44 bits per heavy atom. The lowest BCUT2D eigenvalue weighted by Crippen LogP contribution is -2.54. The number of fused-ring (bicyclic) bond motifs is 1. The summed E-state index contributed by atoms with van der Waals surface area (Å²) in [7, 11) is 2.12. The van der Waals surface area contributed by atoms with Gasteiger partial charge in [-0.1, -0.05) is 12.8 Å².